The van der Waals surface area contributed by atoms with Gasteiger partial charge in [-0.3, -0.25) is 0 Å². The lowest BCUT2D eigenvalue weighted by Gasteiger charge is -2.25. The van der Waals surface area contributed by atoms with Crippen molar-refractivity contribution in [1.82, 2.24) is 0 Å². The molecule has 0 aliphatic carbocycles. The molecular formula is C26H27ClO. The quantitative estimate of drug-likeness (QED) is 0.317. The van der Waals surface area contributed by atoms with Crippen molar-refractivity contribution < 1.29 is 4.42 Å². The number of halogens is 1. The van der Waals surface area contributed by atoms with Crippen molar-refractivity contribution in [2.45, 2.75) is 52.4 Å². The summed E-state index contributed by atoms with van der Waals surface area (Å²) < 4.78 is 6.51. The number of hydrogen-bond donors (Lipinski definition) is 0. The van der Waals surface area contributed by atoms with E-state index in [1.165, 1.54) is 16.5 Å². The first-order valence-electron chi connectivity index (χ1n) is 9.82. The van der Waals surface area contributed by atoms with Crippen molar-refractivity contribution in [3.8, 4) is 11.1 Å². The highest BCUT2D eigenvalue weighted by Gasteiger charge is 2.25. The Hall–Kier alpha value is -2.25. The highest BCUT2D eigenvalue weighted by molar-refractivity contribution is 6.31. The number of furan rings is 1. The Balaban J connectivity index is 2.12. The first-order valence-corrected chi connectivity index (χ1v) is 10.2. The van der Waals surface area contributed by atoms with Gasteiger partial charge in [0.05, 0.1) is 0 Å². The van der Waals surface area contributed by atoms with E-state index in [4.69, 9.17) is 16.0 Å². The van der Waals surface area contributed by atoms with Crippen LogP contribution < -0.4 is 0 Å². The number of benzene rings is 3. The van der Waals surface area contributed by atoms with Gasteiger partial charge in [-0.2, -0.15) is 0 Å². The minimum absolute atomic E-state index is 0.0162. The van der Waals surface area contributed by atoms with Gasteiger partial charge in [0.2, 0.25) is 0 Å². The predicted octanol–water partition coefficient (Wildman–Crippen LogP) is 8.50. The lowest BCUT2D eigenvalue weighted by molar-refractivity contribution is 0.569. The van der Waals surface area contributed by atoms with Crippen LogP contribution in [-0.2, 0) is 10.8 Å². The Bertz CT molecular complexity index is 1180. The molecule has 0 saturated carbocycles. The second kappa shape index (κ2) is 6.39. The van der Waals surface area contributed by atoms with Crippen LogP contribution >= 0.6 is 11.6 Å². The smallest absolute Gasteiger partial charge is 0.143 e. The van der Waals surface area contributed by atoms with Crippen LogP contribution in [0.1, 0.15) is 52.7 Å². The number of hydrogen-bond acceptors (Lipinski definition) is 1. The van der Waals surface area contributed by atoms with E-state index in [2.05, 4.69) is 77.9 Å². The maximum atomic E-state index is 6.51. The van der Waals surface area contributed by atoms with Gasteiger partial charge in [-0.1, -0.05) is 89.5 Å². The zero-order chi connectivity index (χ0) is 20.3. The van der Waals surface area contributed by atoms with E-state index in [9.17, 15) is 0 Å². The molecule has 28 heavy (non-hydrogen) atoms. The molecule has 0 amide bonds. The molecule has 0 N–H and O–H groups in total. The van der Waals surface area contributed by atoms with Crippen molar-refractivity contribution in [3.63, 3.8) is 0 Å². The van der Waals surface area contributed by atoms with E-state index in [1.54, 1.807) is 0 Å². The molecule has 1 heterocycles. The molecule has 4 aromatic rings. The summed E-state index contributed by atoms with van der Waals surface area (Å²) in [5.74, 6) is 0. The molecule has 0 radical (unpaired) electrons. The molecule has 4 rings (SSSR count). The highest BCUT2D eigenvalue weighted by Crippen LogP contribution is 2.42. The molecule has 144 valence electrons. The summed E-state index contributed by atoms with van der Waals surface area (Å²) in [6.45, 7) is 13.6. The molecule has 0 unspecified atom stereocenters. The van der Waals surface area contributed by atoms with Crippen molar-refractivity contribution in [3.05, 3.63) is 70.7 Å². The predicted molar refractivity (Wildman–Crippen MR) is 122 cm³/mol. The average Bonchev–Trinajstić information content (AvgIpc) is 2.97. The molecule has 0 saturated heterocycles. The topological polar surface area (TPSA) is 13.1 Å². The minimum atomic E-state index is 0.0162. The summed E-state index contributed by atoms with van der Waals surface area (Å²) >= 11 is 6.25. The molecule has 0 bridgehead atoms. The maximum absolute atomic E-state index is 6.51. The van der Waals surface area contributed by atoms with Crippen LogP contribution in [0.2, 0.25) is 5.02 Å². The fraction of sp³-hybridized carbons (Fsp3) is 0.308. The summed E-state index contributed by atoms with van der Waals surface area (Å²) in [6.07, 6.45) is 0. The van der Waals surface area contributed by atoms with Crippen LogP contribution in [-0.4, -0.2) is 0 Å². The molecule has 1 aromatic heterocycles. The van der Waals surface area contributed by atoms with Gasteiger partial charge in [0, 0.05) is 21.4 Å². The van der Waals surface area contributed by atoms with Crippen LogP contribution in [0.5, 0.6) is 0 Å². The van der Waals surface area contributed by atoms with Crippen LogP contribution in [0, 0.1) is 0 Å². The fourth-order valence-corrected chi connectivity index (χ4v) is 4.03. The third-order valence-electron chi connectivity index (χ3n) is 5.41. The van der Waals surface area contributed by atoms with Crippen molar-refractivity contribution in [2.24, 2.45) is 0 Å². The lowest BCUT2D eigenvalue weighted by Crippen LogP contribution is -2.16. The standard InChI is InChI=1S/C26H27ClO/c1-25(2,3)17-14-21(26(4,5)6)23-20-12-8-11-19(24(20)28-22(23)15-17)16-9-7-10-18(27)13-16/h7-15H,1-6H3. The average molecular weight is 391 g/mol. The maximum Gasteiger partial charge on any atom is 0.143 e. The number of fused-ring (bicyclic) bond motifs is 3. The van der Waals surface area contributed by atoms with E-state index < -0.39 is 0 Å². The van der Waals surface area contributed by atoms with E-state index in [1.807, 2.05) is 18.2 Å². The first kappa shape index (κ1) is 19.1. The van der Waals surface area contributed by atoms with Crippen molar-refractivity contribution in [1.29, 1.82) is 0 Å². The molecule has 0 aliphatic rings. The van der Waals surface area contributed by atoms with E-state index in [-0.39, 0.29) is 10.8 Å². The van der Waals surface area contributed by atoms with Crippen LogP contribution in [0.3, 0.4) is 0 Å². The zero-order valence-corrected chi connectivity index (χ0v) is 18.2. The second-order valence-corrected chi connectivity index (χ2v) is 10.1. The summed E-state index contributed by atoms with van der Waals surface area (Å²) in [4.78, 5) is 0. The molecule has 3 aromatic carbocycles. The molecule has 0 atom stereocenters. The third kappa shape index (κ3) is 3.22. The normalized spacial score (nSPS) is 12.8. The van der Waals surface area contributed by atoms with E-state index in [0.29, 0.717) is 0 Å². The Kier molecular flexibility index (Phi) is 4.35. The van der Waals surface area contributed by atoms with Crippen LogP contribution in [0.4, 0.5) is 0 Å². The molecular weight excluding hydrogens is 364 g/mol. The lowest BCUT2D eigenvalue weighted by atomic mass is 9.78. The summed E-state index contributed by atoms with van der Waals surface area (Å²) in [6, 6.07) is 18.9. The Morgan fingerprint density at radius 1 is 0.786 bits per heavy atom. The van der Waals surface area contributed by atoms with Gasteiger partial charge in [0.15, 0.2) is 0 Å². The molecule has 0 aliphatic heterocycles. The Labute approximate surface area is 172 Å². The van der Waals surface area contributed by atoms with Gasteiger partial charge in [-0.05, 0) is 45.7 Å². The number of para-hydroxylation sites is 1. The Morgan fingerprint density at radius 2 is 1.50 bits per heavy atom. The van der Waals surface area contributed by atoms with Gasteiger partial charge in [-0.15, -0.1) is 0 Å². The van der Waals surface area contributed by atoms with Crippen LogP contribution in [0.15, 0.2) is 59.0 Å². The minimum Gasteiger partial charge on any atom is -0.455 e. The fourth-order valence-electron chi connectivity index (χ4n) is 3.84. The highest BCUT2D eigenvalue weighted by atomic mass is 35.5. The monoisotopic (exact) mass is 390 g/mol. The van der Waals surface area contributed by atoms with Gasteiger partial charge >= 0.3 is 0 Å². The molecule has 0 fully saturated rings. The molecule has 2 heteroatoms. The van der Waals surface area contributed by atoms with Gasteiger partial charge in [0.1, 0.15) is 11.2 Å². The zero-order valence-electron chi connectivity index (χ0n) is 17.5. The van der Waals surface area contributed by atoms with Gasteiger partial charge in [0.25, 0.3) is 0 Å². The first-order chi connectivity index (χ1) is 13.1. The van der Waals surface area contributed by atoms with E-state index >= 15 is 0 Å². The summed E-state index contributed by atoms with van der Waals surface area (Å²) in [7, 11) is 0. The van der Waals surface area contributed by atoms with E-state index in [0.717, 1.165) is 32.7 Å². The van der Waals surface area contributed by atoms with Crippen LogP contribution in [0.25, 0.3) is 33.1 Å². The SMILES string of the molecule is CC(C)(C)c1cc(C(C)(C)C)c2c(c1)oc1c(-c3cccc(Cl)c3)cccc12. The second-order valence-electron chi connectivity index (χ2n) is 9.69. The molecule has 0 spiro atoms. The summed E-state index contributed by atoms with van der Waals surface area (Å²) in [5.41, 5.74) is 6.74. The molecule has 1 nitrogen and oxygen atoms in total. The largest absolute Gasteiger partial charge is 0.455 e. The van der Waals surface area contributed by atoms with Crippen molar-refractivity contribution >= 4 is 33.5 Å². The summed E-state index contributed by atoms with van der Waals surface area (Å²) in [5, 5.41) is 3.12. The Morgan fingerprint density at radius 3 is 2.14 bits per heavy atom. The number of rotatable bonds is 1. The van der Waals surface area contributed by atoms with Gasteiger partial charge < -0.3 is 4.42 Å². The van der Waals surface area contributed by atoms with Crippen molar-refractivity contribution in [2.75, 3.05) is 0 Å². The van der Waals surface area contributed by atoms with Gasteiger partial charge in [-0.25, -0.2) is 0 Å². The third-order valence-corrected chi connectivity index (χ3v) is 5.64.